The van der Waals surface area contributed by atoms with Crippen LogP contribution < -0.4 is 4.74 Å². The molecule has 0 spiro atoms. The number of benzene rings is 2. The van der Waals surface area contributed by atoms with Gasteiger partial charge in [-0.25, -0.2) is 14.2 Å². The van der Waals surface area contributed by atoms with Crippen molar-refractivity contribution in [1.29, 1.82) is 0 Å². The number of aromatic carboxylic acids is 1. The second kappa shape index (κ2) is 5.92. The van der Waals surface area contributed by atoms with E-state index in [0.29, 0.717) is 22.8 Å². The maximum absolute atomic E-state index is 13.1. The zero-order valence-corrected chi connectivity index (χ0v) is 12.2. The highest BCUT2D eigenvalue weighted by molar-refractivity contribution is 5.86. The monoisotopic (exact) mass is 312 g/mol. The summed E-state index contributed by atoms with van der Waals surface area (Å²) in [5, 5.41) is 9.20. The van der Waals surface area contributed by atoms with Crippen LogP contribution >= 0.6 is 0 Å². The predicted octanol–water partition coefficient (Wildman–Crippen LogP) is 3.39. The maximum atomic E-state index is 13.1. The lowest BCUT2D eigenvalue weighted by Crippen LogP contribution is -1.96. The highest BCUT2D eigenvalue weighted by Gasteiger charge is 2.16. The molecule has 1 N–H and O–H groups in total. The van der Waals surface area contributed by atoms with Gasteiger partial charge in [0.2, 0.25) is 0 Å². The van der Waals surface area contributed by atoms with E-state index >= 15 is 0 Å². The first-order valence-corrected chi connectivity index (χ1v) is 6.81. The Hall–Kier alpha value is -3.15. The largest absolute Gasteiger partial charge is 0.497 e. The van der Waals surface area contributed by atoms with Crippen molar-refractivity contribution in [3.63, 3.8) is 0 Å². The van der Waals surface area contributed by atoms with Gasteiger partial charge in [0, 0.05) is 17.4 Å². The Morgan fingerprint density at radius 1 is 1.22 bits per heavy atom. The van der Waals surface area contributed by atoms with Gasteiger partial charge in [-0.15, -0.1) is 0 Å². The Morgan fingerprint density at radius 3 is 2.61 bits per heavy atom. The van der Waals surface area contributed by atoms with Gasteiger partial charge < -0.3 is 9.84 Å². The molecule has 3 rings (SSSR count). The van der Waals surface area contributed by atoms with E-state index < -0.39 is 5.97 Å². The maximum Gasteiger partial charge on any atom is 0.356 e. The Kier molecular flexibility index (Phi) is 3.80. The number of hydrogen-bond donors (Lipinski definition) is 1. The molecule has 3 aromatic rings. The minimum absolute atomic E-state index is 0.0906. The van der Waals surface area contributed by atoms with Crippen LogP contribution in [0.5, 0.6) is 5.75 Å². The van der Waals surface area contributed by atoms with Crippen LogP contribution in [0.3, 0.4) is 0 Å². The standard InChI is InChI=1S/C17H13FN2O3/c1-23-14-4-2-3-11(9-14)16-19-15(17(21)22)10-20(16)13-7-5-12(18)6-8-13/h2-10H,1H3,(H,21,22). The summed E-state index contributed by atoms with van der Waals surface area (Å²) < 4.78 is 19.9. The molecule has 0 aliphatic rings. The third kappa shape index (κ3) is 2.91. The summed E-state index contributed by atoms with van der Waals surface area (Å²) in [5.74, 6) is -0.425. The molecule has 0 fully saturated rings. The van der Waals surface area contributed by atoms with E-state index in [1.807, 2.05) is 0 Å². The summed E-state index contributed by atoms with van der Waals surface area (Å²) in [7, 11) is 1.55. The fourth-order valence-corrected chi connectivity index (χ4v) is 2.25. The molecule has 0 saturated carbocycles. The molecule has 0 unspecified atom stereocenters. The van der Waals surface area contributed by atoms with Crippen LogP contribution in [0.1, 0.15) is 10.5 Å². The number of carboxylic acids is 1. The number of imidazole rings is 1. The lowest BCUT2D eigenvalue weighted by molar-refractivity contribution is 0.0691. The molecule has 6 heteroatoms. The molecule has 0 aliphatic carbocycles. The van der Waals surface area contributed by atoms with Crippen molar-refractivity contribution >= 4 is 5.97 Å². The average molecular weight is 312 g/mol. The molecule has 0 aliphatic heterocycles. The van der Waals surface area contributed by atoms with Crippen molar-refractivity contribution in [2.45, 2.75) is 0 Å². The molecule has 5 nitrogen and oxygen atoms in total. The number of carbonyl (C=O) groups is 1. The summed E-state index contributed by atoms with van der Waals surface area (Å²) in [6, 6.07) is 12.9. The molecule has 0 atom stereocenters. The van der Waals surface area contributed by atoms with Crippen LogP contribution in [0.25, 0.3) is 17.1 Å². The van der Waals surface area contributed by atoms with Crippen molar-refractivity contribution < 1.29 is 19.0 Å². The number of methoxy groups -OCH3 is 1. The normalized spacial score (nSPS) is 10.5. The van der Waals surface area contributed by atoms with Gasteiger partial charge >= 0.3 is 5.97 Å². The number of carboxylic acid groups (broad SMARTS) is 1. The van der Waals surface area contributed by atoms with E-state index in [1.54, 1.807) is 48.1 Å². The highest BCUT2D eigenvalue weighted by atomic mass is 19.1. The summed E-state index contributed by atoms with van der Waals surface area (Å²) in [6.07, 6.45) is 1.41. The Balaban J connectivity index is 2.18. The third-order valence-electron chi connectivity index (χ3n) is 3.36. The van der Waals surface area contributed by atoms with Crippen LogP contribution in [0.4, 0.5) is 4.39 Å². The second-order valence-electron chi connectivity index (χ2n) is 4.83. The number of hydrogen-bond acceptors (Lipinski definition) is 3. The Bertz CT molecular complexity index is 857. The fourth-order valence-electron chi connectivity index (χ4n) is 2.25. The molecular weight excluding hydrogens is 299 g/mol. The summed E-state index contributed by atoms with van der Waals surface area (Å²) >= 11 is 0. The first kappa shape index (κ1) is 14.8. The Morgan fingerprint density at radius 2 is 1.96 bits per heavy atom. The predicted molar refractivity (Wildman–Crippen MR) is 82.5 cm³/mol. The van der Waals surface area contributed by atoms with E-state index in [0.717, 1.165) is 0 Å². The van der Waals surface area contributed by atoms with E-state index in [9.17, 15) is 14.3 Å². The van der Waals surface area contributed by atoms with Gasteiger partial charge in [-0.2, -0.15) is 0 Å². The van der Waals surface area contributed by atoms with Crippen molar-refractivity contribution in [2.24, 2.45) is 0 Å². The van der Waals surface area contributed by atoms with Gasteiger partial charge in [-0.1, -0.05) is 12.1 Å². The first-order chi connectivity index (χ1) is 11.1. The molecule has 0 saturated heterocycles. The molecule has 1 heterocycles. The summed E-state index contributed by atoms with van der Waals surface area (Å²) in [6.45, 7) is 0. The second-order valence-corrected chi connectivity index (χ2v) is 4.83. The average Bonchev–Trinajstić information content (AvgIpc) is 3.01. The van der Waals surface area contributed by atoms with E-state index in [1.165, 1.54) is 18.3 Å². The summed E-state index contributed by atoms with van der Waals surface area (Å²) in [4.78, 5) is 15.4. The quantitative estimate of drug-likeness (QED) is 0.802. The van der Waals surface area contributed by atoms with Crippen molar-refractivity contribution in [3.8, 4) is 22.8 Å². The molecule has 116 valence electrons. The highest BCUT2D eigenvalue weighted by Crippen LogP contribution is 2.26. The molecule has 2 aromatic carbocycles. The zero-order valence-electron chi connectivity index (χ0n) is 12.2. The van der Waals surface area contributed by atoms with Gasteiger partial charge in [0.15, 0.2) is 5.69 Å². The lowest BCUT2D eigenvalue weighted by Gasteiger charge is -2.09. The number of ether oxygens (including phenoxy) is 1. The van der Waals surface area contributed by atoms with Crippen LogP contribution in [-0.4, -0.2) is 27.7 Å². The molecule has 0 radical (unpaired) electrons. The fraction of sp³-hybridized carbons (Fsp3) is 0.0588. The first-order valence-electron chi connectivity index (χ1n) is 6.81. The van der Waals surface area contributed by atoms with E-state index in [4.69, 9.17) is 4.74 Å². The van der Waals surface area contributed by atoms with E-state index in [2.05, 4.69) is 4.98 Å². The SMILES string of the molecule is COc1cccc(-c2nc(C(=O)O)cn2-c2ccc(F)cc2)c1. The van der Waals surface area contributed by atoms with Crippen molar-refractivity contribution in [1.82, 2.24) is 9.55 Å². The van der Waals surface area contributed by atoms with Crippen LogP contribution in [0.2, 0.25) is 0 Å². The molecular formula is C17H13FN2O3. The van der Waals surface area contributed by atoms with Crippen LogP contribution in [0, 0.1) is 5.82 Å². The van der Waals surface area contributed by atoms with E-state index in [-0.39, 0.29) is 11.5 Å². The number of aromatic nitrogens is 2. The smallest absolute Gasteiger partial charge is 0.356 e. The van der Waals surface area contributed by atoms with Crippen LogP contribution in [-0.2, 0) is 0 Å². The third-order valence-corrected chi connectivity index (χ3v) is 3.36. The molecule has 0 amide bonds. The molecule has 23 heavy (non-hydrogen) atoms. The van der Waals surface area contributed by atoms with Crippen LogP contribution in [0.15, 0.2) is 54.7 Å². The van der Waals surface area contributed by atoms with Gasteiger partial charge in [0.05, 0.1) is 7.11 Å². The minimum atomic E-state index is -1.13. The number of nitrogens with zero attached hydrogens (tertiary/aromatic N) is 2. The van der Waals surface area contributed by atoms with Gasteiger partial charge in [0.1, 0.15) is 17.4 Å². The number of halogens is 1. The van der Waals surface area contributed by atoms with Crippen molar-refractivity contribution in [2.75, 3.05) is 7.11 Å². The van der Waals surface area contributed by atoms with Gasteiger partial charge in [0.25, 0.3) is 0 Å². The van der Waals surface area contributed by atoms with Gasteiger partial charge in [-0.3, -0.25) is 4.57 Å². The minimum Gasteiger partial charge on any atom is -0.497 e. The Labute approximate surface area is 131 Å². The lowest BCUT2D eigenvalue weighted by atomic mass is 10.2. The molecule has 0 bridgehead atoms. The van der Waals surface area contributed by atoms with Gasteiger partial charge in [-0.05, 0) is 36.4 Å². The number of rotatable bonds is 4. The summed E-state index contributed by atoms with van der Waals surface area (Å²) in [5.41, 5.74) is 1.22. The molecule has 1 aromatic heterocycles. The topological polar surface area (TPSA) is 64.3 Å². The zero-order chi connectivity index (χ0) is 16.4. The van der Waals surface area contributed by atoms with Crippen molar-refractivity contribution in [3.05, 3.63) is 66.2 Å².